The van der Waals surface area contributed by atoms with Crippen LogP contribution in [0.5, 0.6) is 0 Å². The summed E-state index contributed by atoms with van der Waals surface area (Å²) in [5.74, 6) is 0. The Balaban J connectivity index is 2.27. The van der Waals surface area contributed by atoms with Crippen LogP contribution < -0.4 is 4.72 Å². The van der Waals surface area contributed by atoms with Crippen LogP contribution in [0.3, 0.4) is 0 Å². The third kappa shape index (κ3) is 3.50. The molecule has 2 aromatic carbocycles. The van der Waals surface area contributed by atoms with E-state index in [0.717, 1.165) is 5.56 Å². The third-order valence-corrected chi connectivity index (χ3v) is 4.55. The Kier molecular flexibility index (Phi) is 4.57. The number of aryl methyl sites for hydroxylation is 1. The van der Waals surface area contributed by atoms with Crippen molar-refractivity contribution < 1.29 is 8.42 Å². The normalized spacial score (nSPS) is 12.1. The second kappa shape index (κ2) is 6.40. The average Bonchev–Trinajstić information content (AvgIpc) is 2.53. The van der Waals surface area contributed by atoms with Gasteiger partial charge in [-0.15, -0.1) is 0 Å². The van der Waals surface area contributed by atoms with Crippen molar-refractivity contribution in [1.82, 2.24) is 4.72 Å². The van der Waals surface area contributed by atoms with Crippen LogP contribution in [0.25, 0.3) is 0 Å². The van der Waals surface area contributed by atoms with Crippen LogP contribution in [0.15, 0.2) is 53.4 Å². The summed E-state index contributed by atoms with van der Waals surface area (Å²) in [6, 6.07) is 15.4. The molecule has 5 nitrogen and oxygen atoms in total. The van der Waals surface area contributed by atoms with E-state index in [1.54, 1.807) is 36.4 Å². The number of hydrogen-bond donors (Lipinski definition) is 1. The summed E-state index contributed by atoms with van der Waals surface area (Å²) in [6.07, 6.45) is 0. The van der Waals surface area contributed by atoms with Crippen molar-refractivity contribution >= 4 is 10.0 Å². The molecule has 1 atom stereocenters. The minimum Gasteiger partial charge on any atom is -0.207 e. The van der Waals surface area contributed by atoms with Crippen LogP contribution in [0.4, 0.5) is 0 Å². The lowest BCUT2D eigenvalue weighted by Gasteiger charge is -2.12. The molecule has 0 saturated carbocycles. The zero-order chi connectivity index (χ0) is 16.2. The Morgan fingerprint density at radius 2 is 1.59 bits per heavy atom. The Morgan fingerprint density at radius 3 is 2.09 bits per heavy atom. The fourth-order valence-corrected chi connectivity index (χ4v) is 2.99. The first-order chi connectivity index (χ1) is 10.5. The van der Waals surface area contributed by atoms with Gasteiger partial charge in [-0.05, 0) is 36.8 Å². The predicted molar refractivity (Wildman–Crippen MR) is 81.0 cm³/mol. The molecule has 6 heteroatoms. The maximum absolute atomic E-state index is 12.3. The summed E-state index contributed by atoms with van der Waals surface area (Å²) in [5, 5.41) is 18.0. The molecular formula is C16H13N3O2S. The molecule has 0 heterocycles. The lowest BCUT2D eigenvalue weighted by molar-refractivity contribution is 0.575. The Labute approximate surface area is 129 Å². The van der Waals surface area contributed by atoms with Gasteiger partial charge in [0.15, 0.2) is 0 Å². The molecule has 0 amide bonds. The Hall–Kier alpha value is -2.67. The van der Waals surface area contributed by atoms with Crippen LogP contribution in [-0.2, 0) is 10.0 Å². The van der Waals surface area contributed by atoms with Gasteiger partial charge in [0, 0.05) is 0 Å². The van der Waals surface area contributed by atoms with Gasteiger partial charge in [0.2, 0.25) is 10.0 Å². The zero-order valence-electron chi connectivity index (χ0n) is 11.8. The van der Waals surface area contributed by atoms with Crippen molar-refractivity contribution in [2.75, 3.05) is 0 Å². The Bertz CT molecular complexity index is 842. The van der Waals surface area contributed by atoms with Gasteiger partial charge in [0.25, 0.3) is 0 Å². The summed E-state index contributed by atoms with van der Waals surface area (Å²) in [5.41, 5.74) is 1.88. The molecule has 0 spiro atoms. The van der Waals surface area contributed by atoms with Gasteiger partial charge in [-0.2, -0.15) is 15.2 Å². The van der Waals surface area contributed by atoms with E-state index in [0.29, 0.717) is 11.1 Å². The quantitative estimate of drug-likeness (QED) is 0.938. The summed E-state index contributed by atoms with van der Waals surface area (Å²) in [6.45, 7) is 1.86. The smallest absolute Gasteiger partial charge is 0.207 e. The van der Waals surface area contributed by atoms with Gasteiger partial charge in [0.05, 0.1) is 22.6 Å². The fraction of sp³-hybridized carbons (Fsp3) is 0.125. The molecule has 0 saturated heterocycles. The van der Waals surface area contributed by atoms with Gasteiger partial charge >= 0.3 is 0 Å². The van der Waals surface area contributed by atoms with Crippen molar-refractivity contribution in [2.45, 2.75) is 17.9 Å². The van der Waals surface area contributed by atoms with Gasteiger partial charge in [-0.3, -0.25) is 0 Å². The molecule has 2 aromatic rings. The third-order valence-electron chi connectivity index (χ3n) is 3.11. The van der Waals surface area contributed by atoms with Crippen LogP contribution in [0, 0.1) is 29.6 Å². The maximum Gasteiger partial charge on any atom is 0.241 e. The number of nitrogens with one attached hydrogen (secondary N) is 1. The first-order valence-electron chi connectivity index (χ1n) is 6.45. The van der Waals surface area contributed by atoms with Crippen LogP contribution >= 0.6 is 0 Å². The maximum atomic E-state index is 12.3. The van der Waals surface area contributed by atoms with E-state index in [2.05, 4.69) is 4.72 Å². The molecule has 22 heavy (non-hydrogen) atoms. The predicted octanol–water partition coefficient (Wildman–Crippen LogP) is 2.41. The molecule has 0 bridgehead atoms. The van der Waals surface area contributed by atoms with Crippen molar-refractivity contribution in [3.63, 3.8) is 0 Å². The first kappa shape index (κ1) is 15.7. The second-order valence-electron chi connectivity index (χ2n) is 4.73. The molecule has 1 unspecified atom stereocenters. The van der Waals surface area contributed by atoms with E-state index in [1.807, 2.05) is 19.1 Å². The first-order valence-corrected chi connectivity index (χ1v) is 7.93. The molecule has 1 N–H and O–H groups in total. The number of hydrogen-bond acceptors (Lipinski definition) is 4. The van der Waals surface area contributed by atoms with Gasteiger partial charge in [-0.1, -0.05) is 29.8 Å². The van der Waals surface area contributed by atoms with Crippen molar-refractivity contribution in [3.8, 4) is 12.1 Å². The SMILES string of the molecule is Cc1ccc(S(=O)(=O)NC(C#N)c2ccc(C#N)cc2)cc1. The number of benzene rings is 2. The molecule has 0 fully saturated rings. The van der Waals surface area contributed by atoms with Crippen molar-refractivity contribution in [2.24, 2.45) is 0 Å². The zero-order valence-corrected chi connectivity index (χ0v) is 12.6. The number of nitriles is 2. The van der Waals surface area contributed by atoms with E-state index >= 15 is 0 Å². The number of sulfonamides is 1. The molecule has 2 rings (SSSR count). The highest BCUT2D eigenvalue weighted by Crippen LogP contribution is 2.18. The fourth-order valence-electron chi connectivity index (χ4n) is 1.86. The van der Waals surface area contributed by atoms with Crippen molar-refractivity contribution in [1.29, 1.82) is 10.5 Å². The van der Waals surface area contributed by atoms with E-state index in [1.165, 1.54) is 12.1 Å². The van der Waals surface area contributed by atoms with E-state index in [9.17, 15) is 13.7 Å². The van der Waals surface area contributed by atoms with Crippen LogP contribution in [0.1, 0.15) is 22.7 Å². The molecule has 110 valence electrons. The standard InChI is InChI=1S/C16H13N3O2S/c1-12-2-8-15(9-3-12)22(20,21)19-16(11-18)14-6-4-13(10-17)5-7-14/h2-9,16,19H,1H3. The Morgan fingerprint density at radius 1 is 1.00 bits per heavy atom. The monoisotopic (exact) mass is 311 g/mol. The van der Waals surface area contributed by atoms with E-state index in [-0.39, 0.29) is 4.90 Å². The highest BCUT2D eigenvalue weighted by atomic mass is 32.2. The molecule has 0 aliphatic carbocycles. The summed E-state index contributed by atoms with van der Waals surface area (Å²) in [4.78, 5) is 0.104. The summed E-state index contributed by atoms with van der Waals surface area (Å²) >= 11 is 0. The molecule has 0 aliphatic rings. The largest absolute Gasteiger partial charge is 0.241 e. The summed E-state index contributed by atoms with van der Waals surface area (Å²) in [7, 11) is -3.79. The van der Waals surface area contributed by atoms with Gasteiger partial charge < -0.3 is 0 Å². The minimum absolute atomic E-state index is 0.104. The molecular weight excluding hydrogens is 298 g/mol. The highest BCUT2D eigenvalue weighted by Gasteiger charge is 2.21. The van der Waals surface area contributed by atoms with Gasteiger partial charge in [0.1, 0.15) is 6.04 Å². The van der Waals surface area contributed by atoms with Crippen LogP contribution in [0.2, 0.25) is 0 Å². The highest BCUT2D eigenvalue weighted by molar-refractivity contribution is 7.89. The number of nitrogens with zero attached hydrogens (tertiary/aromatic N) is 2. The summed E-state index contributed by atoms with van der Waals surface area (Å²) < 4.78 is 27.0. The number of rotatable bonds is 4. The average molecular weight is 311 g/mol. The minimum atomic E-state index is -3.79. The van der Waals surface area contributed by atoms with Gasteiger partial charge in [-0.25, -0.2) is 8.42 Å². The molecule has 0 radical (unpaired) electrons. The lowest BCUT2D eigenvalue weighted by Crippen LogP contribution is -2.27. The van der Waals surface area contributed by atoms with Crippen LogP contribution in [-0.4, -0.2) is 8.42 Å². The molecule has 0 aliphatic heterocycles. The topological polar surface area (TPSA) is 93.8 Å². The van der Waals surface area contributed by atoms with E-state index < -0.39 is 16.1 Å². The lowest BCUT2D eigenvalue weighted by atomic mass is 10.1. The van der Waals surface area contributed by atoms with Crippen molar-refractivity contribution in [3.05, 3.63) is 65.2 Å². The molecule has 0 aromatic heterocycles. The second-order valence-corrected chi connectivity index (χ2v) is 6.44. The van der Waals surface area contributed by atoms with E-state index in [4.69, 9.17) is 5.26 Å².